The Morgan fingerprint density at radius 2 is 2.09 bits per heavy atom. The van der Waals surface area contributed by atoms with Gasteiger partial charge in [-0.25, -0.2) is 4.99 Å². The summed E-state index contributed by atoms with van der Waals surface area (Å²) in [6, 6.07) is 5.04. The van der Waals surface area contributed by atoms with Crippen LogP contribution in [0.15, 0.2) is 29.3 Å². The highest BCUT2D eigenvalue weighted by Crippen LogP contribution is 2.29. The Bertz CT molecular complexity index is 726. The van der Waals surface area contributed by atoms with Gasteiger partial charge >= 0.3 is 6.18 Å². The molecule has 1 atom stereocenters. The van der Waals surface area contributed by atoms with E-state index in [1.807, 2.05) is 0 Å². The first-order valence-electron chi connectivity index (χ1n) is 10.3. The molecule has 1 unspecified atom stereocenters. The normalized spacial score (nSPS) is 16.4. The maximum Gasteiger partial charge on any atom is 0.416 e. The predicted molar refractivity (Wildman–Crippen MR) is 127 cm³/mol. The second kappa shape index (κ2) is 14.5. The van der Waals surface area contributed by atoms with Crippen molar-refractivity contribution >= 4 is 35.8 Å². The van der Waals surface area contributed by atoms with Gasteiger partial charge in [0, 0.05) is 33.9 Å². The molecule has 1 aliphatic rings. The van der Waals surface area contributed by atoms with Crippen molar-refractivity contribution in [1.29, 1.82) is 0 Å². The average Bonchev–Trinajstić information content (AvgIpc) is 3.24. The lowest BCUT2D eigenvalue weighted by Crippen LogP contribution is -2.43. The van der Waals surface area contributed by atoms with Gasteiger partial charge in [-0.2, -0.15) is 13.2 Å². The Balaban J connectivity index is 0.00000512. The number of rotatable bonds is 10. The van der Waals surface area contributed by atoms with E-state index in [2.05, 4.69) is 15.6 Å². The van der Waals surface area contributed by atoms with E-state index in [9.17, 15) is 18.0 Å². The Morgan fingerprint density at radius 3 is 2.75 bits per heavy atom. The van der Waals surface area contributed by atoms with Crippen molar-refractivity contribution in [2.75, 3.05) is 47.0 Å². The number of carbonyl (C=O) groups excluding carboxylic acids is 1. The van der Waals surface area contributed by atoms with Crippen molar-refractivity contribution in [3.05, 3.63) is 35.4 Å². The molecule has 1 aliphatic heterocycles. The van der Waals surface area contributed by atoms with Gasteiger partial charge in [0.2, 0.25) is 5.91 Å². The summed E-state index contributed by atoms with van der Waals surface area (Å²) in [5.41, 5.74) is -0.288. The molecule has 1 amide bonds. The topological polar surface area (TPSA) is 75.2 Å². The Morgan fingerprint density at radius 1 is 1.31 bits per heavy atom. The second-order valence-corrected chi connectivity index (χ2v) is 7.49. The fourth-order valence-electron chi connectivity index (χ4n) is 2.88. The van der Waals surface area contributed by atoms with Crippen LogP contribution in [0.3, 0.4) is 0 Å². The first kappa shape index (κ1) is 28.4. The summed E-state index contributed by atoms with van der Waals surface area (Å²) in [4.78, 5) is 17.6. The number of amides is 1. The maximum absolute atomic E-state index is 12.9. The van der Waals surface area contributed by atoms with Crippen molar-refractivity contribution in [2.24, 2.45) is 4.99 Å². The number of benzene rings is 1. The van der Waals surface area contributed by atoms with Gasteiger partial charge in [-0.3, -0.25) is 4.79 Å². The highest BCUT2D eigenvalue weighted by atomic mass is 127. The van der Waals surface area contributed by atoms with E-state index < -0.39 is 11.7 Å². The van der Waals surface area contributed by atoms with Gasteiger partial charge in [-0.05, 0) is 37.0 Å². The number of halogens is 4. The molecule has 1 aromatic rings. The SMILES string of the molecule is CN(C)C(=O)CNC(=NCc1cccc(C(F)(F)F)c1)NCCCOCC1CCCO1.I. The number of hydrogen-bond donors (Lipinski definition) is 2. The maximum atomic E-state index is 12.9. The van der Waals surface area contributed by atoms with Gasteiger partial charge in [0.05, 0.1) is 31.4 Å². The number of aliphatic imine (C=N–C) groups is 1. The predicted octanol–water partition coefficient (Wildman–Crippen LogP) is 3.03. The van der Waals surface area contributed by atoms with Crippen molar-refractivity contribution in [2.45, 2.75) is 38.1 Å². The number of ether oxygens (including phenoxy) is 2. The molecule has 32 heavy (non-hydrogen) atoms. The summed E-state index contributed by atoms with van der Waals surface area (Å²) in [6.07, 6.45) is -1.43. The van der Waals surface area contributed by atoms with E-state index in [4.69, 9.17) is 9.47 Å². The van der Waals surface area contributed by atoms with Crippen LogP contribution in [-0.2, 0) is 27.0 Å². The molecule has 0 radical (unpaired) electrons. The lowest BCUT2D eigenvalue weighted by molar-refractivity contribution is -0.137. The largest absolute Gasteiger partial charge is 0.416 e. The number of alkyl halides is 3. The van der Waals surface area contributed by atoms with Crippen molar-refractivity contribution in [3.8, 4) is 0 Å². The molecule has 0 spiro atoms. The molecule has 1 heterocycles. The summed E-state index contributed by atoms with van der Waals surface area (Å²) in [7, 11) is 3.28. The van der Waals surface area contributed by atoms with Crippen LogP contribution in [0.1, 0.15) is 30.4 Å². The lowest BCUT2D eigenvalue weighted by atomic mass is 10.1. The number of guanidine groups is 1. The quantitative estimate of drug-likeness (QED) is 0.195. The van der Waals surface area contributed by atoms with Crippen molar-refractivity contribution < 1.29 is 27.4 Å². The Labute approximate surface area is 204 Å². The number of nitrogens with one attached hydrogen (secondary N) is 2. The van der Waals surface area contributed by atoms with E-state index in [1.54, 1.807) is 20.2 Å². The zero-order chi connectivity index (χ0) is 22.7. The minimum atomic E-state index is -4.40. The summed E-state index contributed by atoms with van der Waals surface area (Å²) in [5, 5.41) is 6.01. The smallest absolute Gasteiger partial charge is 0.379 e. The van der Waals surface area contributed by atoms with Crippen LogP contribution in [0, 0.1) is 0 Å². The molecule has 0 saturated carbocycles. The van der Waals surface area contributed by atoms with Gasteiger partial charge in [0.15, 0.2) is 5.96 Å². The third-order valence-electron chi connectivity index (χ3n) is 4.67. The van der Waals surface area contributed by atoms with Crippen LogP contribution in [0.5, 0.6) is 0 Å². The standard InChI is InChI=1S/C21H31F3N4O3.HI/c1-28(2)19(29)14-27-20(25-9-5-10-30-15-18-8-4-11-31-18)26-13-16-6-3-7-17(12-16)21(22,23)24;/h3,6-7,12,18H,4-5,8-11,13-15H2,1-2H3,(H2,25,26,27);1H. The van der Waals surface area contributed by atoms with Gasteiger partial charge in [-0.1, -0.05) is 12.1 Å². The van der Waals surface area contributed by atoms with Gasteiger partial charge in [0.1, 0.15) is 0 Å². The van der Waals surface area contributed by atoms with E-state index in [0.717, 1.165) is 31.6 Å². The zero-order valence-electron chi connectivity index (χ0n) is 18.4. The fraction of sp³-hybridized carbons (Fsp3) is 0.619. The molecule has 0 aromatic heterocycles. The van der Waals surface area contributed by atoms with Gasteiger partial charge < -0.3 is 25.0 Å². The highest BCUT2D eigenvalue weighted by molar-refractivity contribution is 14.0. The van der Waals surface area contributed by atoms with Crippen LogP contribution in [0.2, 0.25) is 0 Å². The van der Waals surface area contributed by atoms with Gasteiger partial charge in [-0.15, -0.1) is 24.0 Å². The van der Waals surface area contributed by atoms with E-state index in [0.29, 0.717) is 37.7 Å². The minimum absolute atomic E-state index is 0. The van der Waals surface area contributed by atoms with Crippen molar-refractivity contribution in [1.82, 2.24) is 15.5 Å². The van der Waals surface area contributed by atoms with Crippen LogP contribution in [0.4, 0.5) is 13.2 Å². The average molecular weight is 572 g/mol. The summed E-state index contributed by atoms with van der Waals surface area (Å²) < 4.78 is 49.8. The number of carbonyl (C=O) groups is 1. The third kappa shape index (κ3) is 10.8. The van der Waals surface area contributed by atoms with Crippen LogP contribution in [-0.4, -0.2) is 69.9 Å². The van der Waals surface area contributed by atoms with Gasteiger partial charge in [0.25, 0.3) is 0 Å². The van der Waals surface area contributed by atoms with Crippen LogP contribution in [0.25, 0.3) is 0 Å². The molecule has 1 aromatic carbocycles. The minimum Gasteiger partial charge on any atom is -0.379 e. The molecular weight excluding hydrogens is 540 g/mol. The molecule has 182 valence electrons. The number of likely N-dealkylation sites (N-methyl/N-ethyl adjacent to an activating group) is 1. The summed E-state index contributed by atoms with van der Waals surface area (Å²) in [5.74, 6) is 0.209. The van der Waals surface area contributed by atoms with E-state index in [1.165, 1.54) is 11.0 Å². The Kier molecular flexibility index (Phi) is 12.9. The van der Waals surface area contributed by atoms with Crippen molar-refractivity contribution in [3.63, 3.8) is 0 Å². The molecule has 1 saturated heterocycles. The Hall–Kier alpha value is -1.60. The molecular formula is C21H32F3IN4O3. The monoisotopic (exact) mass is 572 g/mol. The van der Waals surface area contributed by atoms with Crippen LogP contribution < -0.4 is 10.6 Å². The fourth-order valence-corrected chi connectivity index (χ4v) is 2.88. The molecule has 1 fully saturated rings. The molecule has 7 nitrogen and oxygen atoms in total. The third-order valence-corrected chi connectivity index (χ3v) is 4.67. The highest BCUT2D eigenvalue weighted by Gasteiger charge is 2.30. The van der Waals surface area contributed by atoms with Crippen LogP contribution >= 0.6 is 24.0 Å². The van der Waals surface area contributed by atoms with E-state index in [-0.39, 0.29) is 49.1 Å². The first-order chi connectivity index (χ1) is 14.8. The molecule has 2 rings (SSSR count). The number of hydrogen-bond acceptors (Lipinski definition) is 4. The molecule has 0 aliphatic carbocycles. The lowest BCUT2D eigenvalue weighted by Gasteiger charge is -2.15. The second-order valence-electron chi connectivity index (χ2n) is 7.49. The molecule has 2 N–H and O–H groups in total. The van der Waals surface area contributed by atoms with E-state index >= 15 is 0 Å². The first-order valence-corrected chi connectivity index (χ1v) is 10.3. The zero-order valence-corrected chi connectivity index (χ0v) is 20.7. The molecule has 11 heteroatoms. The summed E-state index contributed by atoms with van der Waals surface area (Å²) >= 11 is 0. The molecule has 0 bridgehead atoms. The number of nitrogens with zero attached hydrogens (tertiary/aromatic N) is 2. The summed E-state index contributed by atoms with van der Waals surface area (Å²) in [6.45, 7) is 2.52.